The molecule has 0 bridgehead atoms. The Hall–Kier alpha value is -1.92. The van der Waals surface area contributed by atoms with Gasteiger partial charge in [-0.3, -0.25) is 4.90 Å². The highest BCUT2D eigenvalue weighted by Crippen LogP contribution is 2.26. The van der Waals surface area contributed by atoms with Gasteiger partial charge in [0.1, 0.15) is 5.76 Å². The first kappa shape index (κ1) is 13.1. The Balaban J connectivity index is 1.72. The highest BCUT2D eigenvalue weighted by atomic mass is 32.1. The van der Waals surface area contributed by atoms with Gasteiger partial charge in [0.15, 0.2) is 0 Å². The maximum absolute atomic E-state index is 5.75. The minimum atomic E-state index is 0.0290. The van der Waals surface area contributed by atoms with E-state index in [0.29, 0.717) is 18.3 Å². The van der Waals surface area contributed by atoms with Crippen molar-refractivity contribution in [3.8, 4) is 10.8 Å². The van der Waals surface area contributed by atoms with E-state index in [0.717, 1.165) is 10.6 Å². The highest BCUT2D eigenvalue weighted by Gasteiger charge is 2.20. The lowest BCUT2D eigenvalue weighted by molar-refractivity contribution is 0.203. The number of hydrogen-bond donors (Lipinski definition) is 0. The standard InChI is InChI=1S/C14H15N3O2S/c1-10(17(2)9-11-5-3-7-18-11)13-15-16-14(19-13)12-6-4-8-20-12/h3-8,10H,9H2,1-2H3/t10-/m1/s1. The summed E-state index contributed by atoms with van der Waals surface area (Å²) in [6, 6.07) is 7.81. The largest absolute Gasteiger partial charge is 0.468 e. The van der Waals surface area contributed by atoms with Crippen molar-refractivity contribution < 1.29 is 8.83 Å². The zero-order valence-corrected chi connectivity index (χ0v) is 12.1. The van der Waals surface area contributed by atoms with Gasteiger partial charge in [0.05, 0.1) is 23.7 Å². The summed E-state index contributed by atoms with van der Waals surface area (Å²) in [5, 5.41) is 10.2. The van der Waals surface area contributed by atoms with Crippen molar-refractivity contribution in [2.45, 2.75) is 19.5 Å². The predicted molar refractivity (Wildman–Crippen MR) is 76.2 cm³/mol. The van der Waals surface area contributed by atoms with Gasteiger partial charge >= 0.3 is 0 Å². The van der Waals surface area contributed by atoms with Crippen LogP contribution in [0.15, 0.2) is 44.7 Å². The molecule has 0 radical (unpaired) electrons. The van der Waals surface area contributed by atoms with Crippen molar-refractivity contribution in [3.63, 3.8) is 0 Å². The van der Waals surface area contributed by atoms with E-state index >= 15 is 0 Å². The van der Waals surface area contributed by atoms with Gasteiger partial charge in [0.2, 0.25) is 5.89 Å². The Labute approximate surface area is 120 Å². The van der Waals surface area contributed by atoms with E-state index in [-0.39, 0.29) is 6.04 Å². The monoisotopic (exact) mass is 289 g/mol. The van der Waals surface area contributed by atoms with Crippen LogP contribution in [0.1, 0.15) is 24.6 Å². The summed E-state index contributed by atoms with van der Waals surface area (Å²) in [6.45, 7) is 2.74. The van der Waals surface area contributed by atoms with Crippen LogP contribution in [0.25, 0.3) is 10.8 Å². The van der Waals surface area contributed by atoms with E-state index in [1.807, 2.05) is 43.6 Å². The van der Waals surface area contributed by atoms with Crippen molar-refractivity contribution in [2.75, 3.05) is 7.05 Å². The predicted octanol–water partition coefficient (Wildman–Crippen LogP) is 3.58. The van der Waals surface area contributed by atoms with Gasteiger partial charge in [0, 0.05) is 0 Å². The molecular weight excluding hydrogens is 274 g/mol. The minimum Gasteiger partial charge on any atom is -0.468 e. The van der Waals surface area contributed by atoms with E-state index < -0.39 is 0 Å². The molecule has 0 aliphatic rings. The van der Waals surface area contributed by atoms with Crippen LogP contribution in [-0.4, -0.2) is 22.1 Å². The molecule has 3 aromatic heterocycles. The first-order valence-electron chi connectivity index (χ1n) is 6.34. The van der Waals surface area contributed by atoms with Crippen LogP contribution in [-0.2, 0) is 6.54 Å². The summed E-state index contributed by atoms with van der Waals surface area (Å²) >= 11 is 1.59. The molecule has 0 N–H and O–H groups in total. The van der Waals surface area contributed by atoms with E-state index in [9.17, 15) is 0 Å². The molecule has 0 aliphatic carbocycles. The molecule has 104 valence electrons. The summed E-state index contributed by atoms with van der Waals surface area (Å²) in [5.74, 6) is 2.10. The van der Waals surface area contributed by atoms with Gasteiger partial charge in [-0.2, -0.15) is 0 Å². The van der Waals surface area contributed by atoms with Crippen LogP contribution in [0, 0.1) is 0 Å². The summed E-state index contributed by atoms with van der Waals surface area (Å²) in [4.78, 5) is 3.09. The Kier molecular flexibility index (Phi) is 3.66. The van der Waals surface area contributed by atoms with Crippen LogP contribution < -0.4 is 0 Å². The number of hydrogen-bond acceptors (Lipinski definition) is 6. The average molecular weight is 289 g/mol. The van der Waals surface area contributed by atoms with E-state index in [2.05, 4.69) is 15.1 Å². The van der Waals surface area contributed by atoms with Gasteiger partial charge in [-0.15, -0.1) is 21.5 Å². The zero-order chi connectivity index (χ0) is 13.9. The maximum Gasteiger partial charge on any atom is 0.257 e. The van der Waals surface area contributed by atoms with Crippen molar-refractivity contribution in [1.29, 1.82) is 0 Å². The summed E-state index contributed by atoms with van der Waals surface area (Å²) < 4.78 is 11.1. The molecule has 3 aromatic rings. The van der Waals surface area contributed by atoms with Gasteiger partial charge < -0.3 is 8.83 Å². The fourth-order valence-electron chi connectivity index (χ4n) is 1.88. The lowest BCUT2D eigenvalue weighted by atomic mass is 10.3. The number of nitrogens with zero attached hydrogens (tertiary/aromatic N) is 3. The summed E-state index contributed by atoms with van der Waals surface area (Å²) in [7, 11) is 2.00. The molecule has 0 aromatic carbocycles. The Morgan fingerprint density at radius 3 is 2.90 bits per heavy atom. The molecule has 3 heterocycles. The molecule has 0 aliphatic heterocycles. The Morgan fingerprint density at radius 2 is 2.20 bits per heavy atom. The smallest absolute Gasteiger partial charge is 0.257 e. The maximum atomic E-state index is 5.75. The Bertz CT molecular complexity index is 646. The Morgan fingerprint density at radius 1 is 1.30 bits per heavy atom. The lowest BCUT2D eigenvalue weighted by Crippen LogP contribution is -2.21. The van der Waals surface area contributed by atoms with Crippen molar-refractivity contribution in [3.05, 3.63) is 47.6 Å². The average Bonchev–Trinajstić information content (AvgIpc) is 3.18. The molecule has 1 atom stereocenters. The molecule has 3 rings (SSSR count). The van der Waals surface area contributed by atoms with Crippen molar-refractivity contribution >= 4 is 11.3 Å². The second-order valence-electron chi connectivity index (χ2n) is 4.59. The van der Waals surface area contributed by atoms with E-state index in [1.54, 1.807) is 17.6 Å². The molecule has 0 fully saturated rings. The minimum absolute atomic E-state index is 0.0290. The third-order valence-corrected chi connectivity index (χ3v) is 4.03. The molecule has 0 unspecified atom stereocenters. The summed E-state index contributed by atoms with van der Waals surface area (Å²) in [6.07, 6.45) is 1.68. The molecular formula is C14H15N3O2S. The zero-order valence-electron chi connectivity index (χ0n) is 11.3. The number of thiophene rings is 1. The van der Waals surface area contributed by atoms with Crippen LogP contribution in [0.5, 0.6) is 0 Å². The molecule has 5 nitrogen and oxygen atoms in total. The highest BCUT2D eigenvalue weighted by molar-refractivity contribution is 7.13. The number of aromatic nitrogens is 2. The first-order valence-corrected chi connectivity index (χ1v) is 7.22. The molecule has 6 heteroatoms. The van der Waals surface area contributed by atoms with Crippen LogP contribution in [0.3, 0.4) is 0 Å². The topological polar surface area (TPSA) is 55.3 Å². The van der Waals surface area contributed by atoms with Crippen LogP contribution in [0.4, 0.5) is 0 Å². The van der Waals surface area contributed by atoms with Gasteiger partial charge in [-0.1, -0.05) is 6.07 Å². The normalized spacial score (nSPS) is 12.9. The van der Waals surface area contributed by atoms with E-state index in [1.165, 1.54) is 0 Å². The fraction of sp³-hybridized carbons (Fsp3) is 0.286. The molecule has 0 saturated carbocycles. The SMILES string of the molecule is C[C@H](c1nnc(-c2cccs2)o1)N(C)Cc1ccco1. The summed E-state index contributed by atoms with van der Waals surface area (Å²) in [5.41, 5.74) is 0. The quantitative estimate of drug-likeness (QED) is 0.718. The van der Waals surface area contributed by atoms with Gasteiger partial charge in [0.25, 0.3) is 5.89 Å². The molecule has 0 saturated heterocycles. The molecule has 0 amide bonds. The van der Waals surface area contributed by atoms with Crippen molar-refractivity contribution in [1.82, 2.24) is 15.1 Å². The molecule has 0 spiro atoms. The van der Waals surface area contributed by atoms with E-state index in [4.69, 9.17) is 8.83 Å². The third kappa shape index (κ3) is 2.66. The first-order chi connectivity index (χ1) is 9.74. The van der Waals surface area contributed by atoms with Gasteiger partial charge in [-0.25, -0.2) is 0 Å². The number of furan rings is 1. The lowest BCUT2D eigenvalue weighted by Gasteiger charge is -2.20. The number of rotatable bonds is 5. The fourth-order valence-corrected chi connectivity index (χ4v) is 2.52. The molecule has 20 heavy (non-hydrogen) atoms. The van der Waals surface area contributed by atoms with Crippen LogP contribution in [0.2, 0.25) is 0 Å². The second kappa shape index (κ2) is 5.60. The third-order valence-electron chi connectivity index (χ3n) is 3.18. The van der Waals surface area contributed by atoms with Gasteiger partial charge in [-0.05, 0) is 37.6 Å². The van der Waals surface area contributed by atoms with Crippen molar-refractivity contribution in [2.24, 2.45) is 0 Å². The van der Waals surface area contributed by atoms with Crippen LogP contribution >= 0.6 is 11.3 Å². The second-order valence-corrected chi connectivity index (χ2v) is 5.54.